The molecule has 1 aromatic heterocycles. The van der Waals surface area contributed by atoms with Crippen molar-refractivity contribution in [3.05, 3.63) is 59.9 Å². The highest BCUT2D eigenvalue weighted by Gasteiger charge is 2.32. The third-order valence-corrected chi connectivity index (χ3v) is 6.39. The Balaban J connectivity index is 1.62. The highest BCUT2D eigenvalue weighted by atomic mass is 16.2. The minimum absolute atomic E-state index is 0.213. The van der Waals surface area contributed by atoms with Crippen LogP contribution in [0.4, 0.5) is 5.69 Å². The average Bonchev–Trinajstić information content (AvgIpc) is 2.77. The molecule has 2 aliphatic heterocycles. The maximum absolute atomic E-state index is 12.8. The summed E-state index contributed by atoms with van der Waals surface area (Å²) >= 11 is 0. The summed E-state index contributed by atoms with van der Waals surface area (Å²) in [4.78, 5) is 21.7. The normalized spacial score (nSPS) is 23.1. The number of amides is 1. The molecule has 2 aromatic rings. The van der Waals surface area contributed by atoms with E-state index in [0.29, 0.717) is 18.5 Å². The molecule has 0 radical (unpaired) electrons. The van der Waals surface area contributed by atoms with Gasteiger partial charge in [-0.3, -0.25) is 14.7 Å². The van der Waals surface area contributed by atoms with Crippen molar-refractivity contribution in [3.63, 3.8) is 0 Å². The van der Waals surface area contributed by atoms with E-state index in [1.54, 1.807) is 0 Å². The highest BCUT2D eigenvalue weighted by Crippen LogP contribution is 2.30. The molecule has 2 atom stereocenters. The molecule has 1 aromatic carbocycles. The van der Waals surface area contributed by atoms with Crippen LogP contribution >= 0.6 is 0 Å². The van der Waals surface area contributed by atoms with Crippen LogP contribution in [0.15, 0.2) is 48.8 Å². The summed E-state index contributed by atoms with van der Waals surface area (Å²) in [5.41, 5.74) is 3.60. The minimum Gasteiger partial charge on any atom is -0.312 e. The standard InChI is InChI=1S/C24H32N4O/c1-2-24(29)27-15-12-21-7-5-8-22(28(21)18-19-10-13-25-14-11-19)17-26-16-20-6-3-4-9-23(20)27/h3-4,6,9-11,13-14,21-22,26H,2,5,7-8,12,15-18H2,1H3. The maximum Gasteiger partial charge on any atom is 0.226 e. The number of hydrogen-bond acceptors (Lipinski definition) is 4. The Morgan fingerprint density at radius 3 is 2.72 bits per heavy atom. The zero-order chi connectivity index (χ0) is 20.1. The smallest absolute Gasteiger partial charge is 0.226 e. The van der Waals surface area contributed by atoms with Crippen LogP contribution in [-0.2, 0) is 17.9 Å². The summed E-state index contributed by atoms with van der Waals surface area (Å²) in [5, 5.41) is 3.70. The van der Waals surface area contributed by atoms with Crippen LogP contribution in [0.1, 0.15) is 50.2 Å². The number of nitrogens with zero attached hydrogens (tertiary/aromatic N) is 3. The van der Waals surface area contributed by atoms with Gasteiger partial charge in [0, 0.05) is 62.8 Å². The van der Waals surface area contributed by atoms with E-state index in [2.05, 4.69) is 45.5 Å². The Morgan fingerprint density at radius 2 is 1.90 bits per heavy atom. The van der Waals surface area contributed by atoms with Gasteiger partial charge < -0.3 is 10.2 Å². The number of anilines is 1. The van der Waals surface area contributed by atoms with Crippen molar-refractivity contribution in [1.82, 2.24) is 15.2 Å². The van der Waals surface area contributed by atoms with Crippen molar-refractivity contribution >= 4 is 11.6 Å². The number of pyridine rings is 1. The van der Waals surface area contributed by atoms with Crippen LogP contribution in [0.5, 0.6) is 0 Å². The summed E-state index contributed by atoms with van der Waals surface area (Å²) in [6.45, 7) is 5.48. The maximum atomic E-state index is 12.8. The van der Waals surface area contributed by atoms with Crippen molar-refractivity contribution in [2.45, 2.75) is 64.2 Å². The third kappa shape index (κ3) is 4.68. The van der Waals surface area contributed by atoms with Gasteiger partial charge in [0.25, 0.3) is 0 Å². The van der Waals surface area contributed by atoms with Gasteiger partial charge in [-0.2, -0.15) is 0 Å². The predicted molar refractivity (Wildman–Crippen MR) is 117 cm³/mol. The van der Waals surface area contributed by atoms with E-state index >= 15 is 0 Å². The van der Waals surface area contributed by atoms with Gasteiger partial charge in [-0.15, -0.1) is 0 Å². The molecule has 3 heterocycles. The van der Waals surface area contributed by atoms with E-state index in [9.17, 15) is 4.79 Å². The lowest BCUT2D eigenvalue weighted by molar-refractivity contribution is -0.118. The number of carbonyl (C=O) groups is 1. The fraction of sp³-hybridized carbons (Fsp3) is 0.500. The summed E-state index contributed by atoms with van der Waals surface area (Å²) in [7, 11) is 0. The van der Waals surface area contributed by atoms with Crippen LogP contribution in [-0.4, -0.2) is 41.0 Å². The number of benzene rings is 1. The van der Waals surface area contributed by atoms with Gasteiger partial charge >= 0.3 is 0 Å². The van der Waals surface area contributed by atoms with Gasteiger partial charge in [0.1, 0.15) is 0 Å². The largest absolute Gasteiger partial charge is 0.312 e. The first-order chi connectivity index (χ1) is 14.3. The van der Waals surface area contributed by atoms with E-state index in [0.717, 1.165) is 38.3 Å². The molecule has 5 heteroatoms. The summed E-state index contributed by atoms with van der Waals surface area (Å²) in [5.74, 6) is 0.213. The predicted octanol–water partition coefficient (Wildman–Crippen LogP) is 3.74. The van der Waals surface area contributed by atoms with Crippen LogP contribution in [0.25, 0.3) is 0 Å². The number of aromatic nitrogens is 1. The molecule has 5 nitrogen and oxygen atoms in total. The summed E-state index contributed by atoms with van der Waals surface area (Å²) < 4.78 is 0. The number of carbonyl (C=O) groups excluding carboxylic acids is 1. The highest BCUT2D eigenvalue weighted by molar-refractivity contribution is 5.93. The molecule has 0 aliphatic carbocycles. The molecule has 1 N–H and O–H groups in total. The fourth-order valence-electron chi connectivity index (χ4n) is 4.85. The third-order valence-electron chi connectivity index (χ3n) is 6.39. The molecule has 2 unspecified atom stereocenters. The van der Waals surface area contributed by atoms with Crippen LogP contribution in [0.2, 0.25) is 0 Å². The Labute approximate surface area is 174 Å². The molecule has 2 bridgehead atoms. The van der Waals surface area contributed by atoms with Gasteiger partial charge in [-0.05, 0) is 48.6 Å². The Kier molecular flexibility index (Phi) is 6.57. The molecule has 1 amide bonds. The second-order valence-corrected chi connectivity index (χ2v) is 8.21. The lowest BCUT2D eigenvalue weighted by atomic mass is 9.92. The average molecular weight is 393 g/mol. The van der Waals surface area contributed by atoms with Crippen LogP contribution in [0.3, 0.4) is 0 Å². The van der Waals surface area contributed by atoms with Crippen molar-refractivity contribution < 1.29 is 4.79 Å². The van der Waals surface area contributed by atoms with E-state index in [1.165, 1.54) is 30.4 Å². The monoisotopic (exact) mass is 392 g/mol. The number of nitrogens with one attached hydrogen (secondary N) is 1. The van der Waals surface area contributed by atoms with Gasteiger partial charge in [-0.25, -0.2) is 0 Å². The van der Waals surface area contributed by atoms with Gasteiger partial charge in [0.05, 0.1) is 0 Å². The topological polar surface area (TPSA) is 48.5 Å². The quantitative estimate of drug-likeness (QED) is 0.864. The number of rotatable bonds is 3. The minimum atomic E-state index is 0.213. The number of fused-ring (bicyclic) bond motifs is 3. The first-order valence-corrected chi connectivity index (χ1v) is 11.0. The second kappa shape index (κ2) is 9.51. The fourth-order valence-corrected chi connectivity index (χ4v) is 4.85. The van der Waals surface area contributed by atoms with Gasteiger partial charge in [0.2, 0.25) is 5.91 Å². The molecule has 1 fully saturated rings. The molecule has 1 saturated heterocycles. The Bertz CT molecular complexity index is 810. The van der Waals surface area contributed by atoms with E-state index in [1.807, 2.05) is 30.3 Å². The number of piperidine rings is 1. The lowest BCUT2D eigenvalue weighted by Crippen LogP contribution is -2.50. The second-order valence-electron chi connectivity index (χ2n) is 8.21. The van der Waals surface area contributed by atoms with Crippen molar-refractivity contribution in [2.24, 2.45) is 0 Å². The lowest BCUT2D eigenvalue weighted by Gasteiger charge is -2.43. The first-order valence-electron chi connectivity index (χ1n) is 11.0. The zero-order valence-electron chi connectivity index (χ0n) is 17.4. The molecule has 154 valence electrons. The van der Waals surface area contributed by atoms with E-state index in [-0.39, 0.29) is 5.91 Å². The van der Waals surface area contributed by atoms with Gasteiger partial charge in [-0.1, -0.05) is 31.5 Å². The molecular weight excluding hydrogens is 360 g/mol. The van der Waals surface area contributed by atoms with Crippen LogP contribution in [0, 0.1) is 0 Å². The summed E-state index contributed by atoms with van der Waals surface area (Å²) in [6.07, 6.45) is 9.02. The number of hydrogen-bond donors (Lipinski definition) is 1. The molecule has 0 spiro atoms. The summed E-state index contributed by atoms with van der Waals surface area (Å²) in [6, 6.07) is 13.6. The molecular formula is C24H32N4O. The zero-order valence-corrected chi connectivity index (χ0v) is 17.4. The molecule has 4 rings (SSSR count). The van der Waals surface area contributed by atoms with Crippen molar-refractivity contribution in [2.75, 3.05) is 18.0 Å². The SMILES string of the molecule is CCC(=O)N1CCC2CCCC(CNCc3ccccc31)N2Cc1ccncc1. The molecule has 0 saturated carbocycles. The molecule has 29 heavy (non-hydrogen) atoms. The Hall–Kier alpha value is -2.24. The van der Waals surface area contributed by atoms with Crippen LogP contribution < -0.4 is 10.2 Å². The Morgan fingerprint density at radius 1 is 1.10 bits per heavy atom. The van der Waals surface area contributed by atoms with Crippen molar-refractivity contribution in [3.8, 4) is 0 Å². The van der Waals surface area contributed by atoms with E-state index in [4.69, 9.17) is 0 Å². The van der Waals surface area contributed by atoms with Gasteiger partial charge in [0.15, 0.2) is 0 Å². The van der Waals surface area contributed by atoms with E-state index < -0.39 is 0 Å². The first kappa shape index (κ1) is 20.0. The molecule has 2 aliphatic rings. The van der Waals surface area contributed by atoms with Crippen molar-refractivity contribution in [1.29, 1.82) is 0 Å². The number of para-hydroxylation sites is 1.